The van der Waals surface area contributed by atoms with Crippen molar-refractivity contribution in [2.45, 2.75) is 30.5 Å². The maximum Gasteiger partial charge on any atom is 0.245 e. The number of amides is 3. The minimum Gasteiger partial charge on any atom is -0.347 e. The van der Waals surface area contributed by atoms with Crippen LogP contribution < -0.4 is 10.3 Å². The third kappa shape index (κ3) is 3.44. The summed E-state index contributed by atoms with van der Waals surface area (Å²) in [5.74, 6) is -4.42. The lowest BCUT2D eigenvalue weighted by atomic mass is 9.47. The van der Waals surface area contributed by atoms with Crippen molar-refractivity contribution in [3.63, 3.8) is 0 Å². The van der Waals surface area contributed by atoms with E-state index in [9.17, 15) is 18.8 Å². The fraction of sp³-hybridized carbons (Fsp3) is 0.290. The molecule has 1 N–H and O–H groups in total. The topological polar surface area (TPSA) is 97.3 Å². The zero-order valence-electron chi connectivity index (χ0n) is 21.7. The second-order valence-corrected chi connectivity index (χ2v) is 10.8. The van der Waals surface area contributed by atoms with Gasteiger partial charge in [0, 0.05) is 12.1 Å². The van der Waals surface area contributed by atoms with Crippen LogP contribution in [-0.2, 0) is 29.3 Å². The number of hydrogen-bond acceptors (Lipinski definition) is 6. The summed E-state index contributed by atoms with van der Waals surface area (Å²) in [6.45, 7) is 2.53. The zero-order chi connectivity index (χ0) is 27.6. The van der Waals surface area contributed by atoms with Gasteiger partial charge in [0.1, 0.15) is 5.82 Å². The van der Waals surface area contributed by atoms with Crippen molar-refractivity contribution in [2.75, 3.05) is 18.1 Å². The molecule has 2 bridgehead atoms. The van der Waals surface area contributed by atoms with Gasteiger partial charge in [-0.2, -0.15) is 5.10 Å². The molecule has 3 amide bonds. The maximum absolute atomic E-state index is 14.2. The third-order valence-corrected chi connectivity index (χ3v) is 8.61. The minimum atomic E-state index is -1.12. The molecular weight excluding hydrogens is 513 g/mol. The van der Waals surface area contributed by atoms with E-state index in [1.807, 2.05) is 48.5 Å². The van der Waals surface area contributed by atoms with Gasteiger partial charge in [-0.3, -0.25) is 14.4 Å². The Kier molecular flexibility index (Phi) is 5.52. The third-order valence-electron chi connectivity index (χ3n) is 8.61. The number of rotatable bonds is 5. The van der Waals surface area contributed by atoms with Crippen molar-refractivity contribution in [3.05, 3.63) is 101 Å². The van der Waals surface area contributed by atoms with Gasteiger partial charge in [-0.25, -0.2) is 14.7 Å². The van der Waals surface area contributed by atoms with Gasteiger partial charge in [0.25, 0.3) is 0 Å². The van der Waals surface area contributed by atoms with E-state index >= 15 is 0 Å². The Bertz CT molecular complexity index is 1530. The van der Waals surface area contributed by atoms with Crippen LogP contribution >= 0.6 is 0 Å². The molecule has 8 nitrogen and oxygen atoms in total. The van der Waals surface area contributed by atoms with Gasteiger partial charge in [-0.05, 0) is 53.4 Å². The molecule has 0 spiro atoms. The molecule has 2 heterocycles. The first-order chi connectivity index (χ1) is 19.3. The van der Waals surface area contributed by atoms with Crippen LogP contribution in [0.3, 0.4) is 0 Å². The molecule has 3 aromatic rings. The summed E-state index contributed by atoms with van der Waals surface area (Å²) in [7, 11) is 0. The average molecular weight is 540 g/mol. The van der Waals surface area contributed by atoms with E-state index in [2.05, 4.69) is 10.5 Å². The van der Waals surface area contributed by atoms with Gasteiger partial charge in [0.2, 0.25) is 17.7 Å². The molecule has 202 valence electrons. The van der Waals surface area contributed by atoms with Gasteiger partial charge in [-0.1, -0.05) is 48.5 Å². The number of halogens is 1. The van der Waals surface area contributed by atoms with E-state index in [-0.39, 0.29) is 24.2 Å². The molecule has 2 fully saturated rings. The van der Waals surface area contributed by atoms with Gasteiger partial charge in [0.15, 0.2) is 5.79 Å². The van der Waals surface area contributed by atoms with Crippen molar-refractivity contribution in [1.82, 2.24) is 5.43 Å². The standard InChI is InChI=1S/C31H26FN3O5/c1-30(39-14-15-40-30)16-24(36)34-33-17-31-22-8-4-2-6-20(22)25(21-7-3-5-9-23(21)31)26-27(31)29(38)35(28(26)37)19-12-10-18(32)11-13-19/h2-13,17,25-27H,14-16H2,1H3,(H,34,36). The van der Waals surface area contributed by atoms with Crippen molar-refractivity contribution >= 4 is 29.6 Å². The van der Waals surface area contributed by atoms with E-state index < -0.39 is 34.8 Å². The molecule has 2 unspecified atom stereocenters. The average Bonchev–Trinajstić information content (AvgIpc) is 3.50. The molecule has 3 aliphatic carbocycles. The highest BCUT2D eigenvalue weighted by Crippen LogP contribution is 2.63. The Hall–Kier alpha value is -4.21. The Labute approximate surface area is 229 Å². The zero-order valence-corrected chi connectivity index (χ0v) is 21.7. The van der Waals surface area contributed by atoms with Crippen LogP contribution in [0.15, 0.2) is 77.9 Å². The van der Waals surface area contributed by atoms with E-state index in [1.165, 1.54) is 29.2 Å². The van der Waals surface area contributed by atoms with E-state index in [0.29, 0.717) is 18.9 Å². The van der Waals surface area contributed by atoms with Crippen LogP contribution in [0.25, 0.3) is 0 Å². The summed E-state index contributed by atoms with van der Waals surface area (Å²) in [5, 5.41) is 4.40. The number of anilines is 1. The predicted octanol–water partition coefficient (Wildman–Crippen LogP) is 3.63. The summed E-state index contributed by atoms with van der Waals surface area (Å²) in [6, 6.07) is 20.9. The number of ether oxygens (including phenoxy) is 2. The highest BCUT2D eigenvalue weighted by atomic mass is 19.1. The molecule has 0 radical (unpaired) electrons. The molecule has 3 aromatic carbocycles. The Morgan fingerprint density at radius 1 is 0.975 bits per heavy atom. The molecule has 2 aliphatic heterocycles. The normalized spacial score (nSPS) is 27.6. The quantitative estimate of drug-likeness (QED) is 0.304. The Balaban J connectivity index is 1.35. The fourth-order valence-corrected chi connectivity index (χ4v) is 7.09. The second-order valence-electron chi connectivity index (χ2n) is 10.8. The first-order valence-corrected chi connectivity index (χ1v) is 13.3. The van der Waals surface area contributed by atoms with Gasteiger partial charge < -0.3 is 9.47 Å². The molecule has 8 rings (SSSR count). The van der Waals surface area contributed by atoms with Crippen molar-refractivity contribution in [1.29, 1.82) is 0 Å². The molecule has 2 atom stereocenters. The van der Waals surface area contributed by atoms with Crippen LogP contribution in [0.4, 0.5) is 10.1 Å². The minimum absolute atomic E-state index is 0.0472. The van der Waals surface area contributed by atoms with Crippen LogP contribution in [-0.4, -0.2) is 42.9 Å². The van der Waals surface area contributed by atoms with Crippen LogP contribution in [0.1, 0.15) is 41.5 Å². The number of nitrogens with zero attached hydrogens (tertiary/aromatic N) is 2. The number of nitrogens with one attached hydrogen (secondary N) is 1. The predicted molar refractivity (Wildman–Crippen MR) is 143 cm³/mol. The van der Waals surface area contributed by atoms with Crippen LogP contribution in [0, 0.1) is 17.7 Å². The van der Waals surface area contributed by atoms with Gasteiger partial charge in [0.05, 0.1) is 42.6 Å². The molecular formula is C31H26FN3O5. The van der Waals surface area contributed by atoms with Gasteiger partial charge >= 0.3 is 0 Å². The van der Waals surface area contributed by atoms with Crippen LogP contribution in [0.2, 0.25) is 0 Å². The monoisotopic (exact) mass is 539 g/mol. The summed E-state index contributed by atoms with van der Waals surface area (Å²) in [4.78, 5) is 42.3. The first-order valence-electron chi connectivity index (χ1n) is 13.3. The SMILES string of the molecule is CC1(CC(=O)NN=CC23c4ccccc4C(c4ccccc42)C2C(=O)N(c4ccc(F)cc4)C(=O)C23)OCCO1. The largest absolute Gasteiger partial charge is 0.347 e. The van der Waals surface area contributed by atoms with E-state index in [4.69, 9.17) is 9.47 Å². The molecule has 5 aliphatic rings. The maximum atomic E-state index is 14.2. The number of carbonyl (C=O) groups is 3. The fourth-order valence-electron chi connectivity index (χ4n) is 7.09. The lowest BCUT2D eigenvalue weighted by Gasteiger charge is -2.52. The summed E-state index contributed by atoms with van der Waals surface area (Å²) in [5.41, 5.74) is 5.43. The van der Waals surface area contributed by atoms with Crippen LogP contribution in [0.5, 0.6) is 0 Å². The summed E-state index contributed by atoms with van der Waals surface area (Å²) in [6.07, 6.45) is 1.56. The van der Waals surface area contributed by atoms with Crippen molar-refractivity contribution in [2.24, 2.45) is 16.9 Å². The smallest absolute Gasteiger partial charge is 0.245 e. The second kappa shape index (κ2) is 8.90. The number of hydrogen-bond donors (Lipinski definition) is 1. The molecule has 0 saturated carbocycles. The number of imide groups is 1. The summed E-state index contributed by atoms with van der Waals surface area (Å²) >= 11 is 0. The highest BCUT2D eigenvalue weighted by Gasteiger charge is 2.68. The van der Waals surface area contributed by atoms with E-state index in [0.717, 1.165) is 22.3 Å². The number of benzene rings is 3. The highest BCUT2D eigenvalue weighted by molar-refractivity contribution is 6.25. The Morgan fingerprint density at radius 3 is 2.20 bits per heavy atom. The molecule has 2 saturated heterocycles. The first kappa shape index (κ1) is 24.8. The van der Waals surface area contributed by atoms with Crippen molar-refractivity contribution < 1.29 is 28.2 Å². The Morgan fingerprint density at radius 2 is 1.57 bits per heavy atom. The lowest BCUT2D eigenvalue weighted by molar-refractivity contribution is -0.159. The number of hydrazone groups is 1. The molecule has 40 heavy (non-hydrogen) atoms. The van der Waals surface area contributed by atoms with Gasteiger partial charge in [-0.15, -0.1) is 0 Å². The number of carbonyl (C=O) groups excluding carboxylic acids is 3. The van der Waals surface area contributed by atoms with Crippen molar-refractivity contribution in [3.8, 4) is 0 Å². The van der Waals surface area contributed by atoms with E-state index in [1.54, 1.807) is 13.1 Å². The molecule has 9 heteroatoms. The molecule has 0 aromatic heterocycles. The summed E-state index contributed by atoms with van der Waals surface area (Å²) < 4.78 is 24.8. The lowest BCUT2D eigenvalue weighted by Crippen LogP contribution is -2.54.